The SMILES string of the molecule is CC(C)CCn1ncc(CNC(C)(C)C)c1C1CC1. The highest BCUT2D eigenvalue weighted by atomic mass is 15.3. The number of rotatable bonds is 6. The van der Waals surface area contributed by atoms with E-state index in [0.717, 1.165) is 24.9 Å². The second kappa shape index (κ2) is 5.66. The summed E-state index contributed by atoms with van der Waals surface area (Å²) in [5.41, 5.74) is 3.07. The lowest BCUT2D eigenvalue weighted by atomic mass is 10.1. The molecule has 0 bridgehead atoms. The monoisotopic (exact) mass is 263 g/mol. The molecule has 2 rings (SSSR count). The number of hydrogen-bond acceptors (Lipinski definition) is 2. The highest BCUT2D eigenvalue weighted by Gasteiger charge is 2.30. The van der Waals surface area contributed by atoms with Crippen LogP contribution in [0.3, 0.4) is 0 Å². The normalized spacial score (nSPS) is 16.3. The summed E-state index contributed by atoms with van der Waals surface area (Å²) >= 11 is 0. The van der Waals surface area contributed by atoms with Crippen molar-refractivity contribution in [2.24, 2.45) is 5.92 Å². The minimum atomic E-state index is 0.168. The Labute approximate surface area is 117 Å². The Morgan fingerprint density at radius 1 is 1.37 bits per heavy atom. The Hall–Kier alpha value is -0.830. The zero-order valence-corrected chi connectivity index (χ0v) is 13.2. The van der Waals surface area contributed by atoms with Gasteiger partial charge in [0.05, 0.1) is 6.20 Å². The summed E-state index contributed by atoms with van der Waals surface area (Å²) in [6.45, 7) is 13.2. The Kier molecular flexibility index (Phi) is 4.34. The van der Waals surface area contributed by atoms with Gasteiger partial charge in [0.1, 0.15) is 0 Å². The molecule has 1 heterocycles. The Morgan fingerprint density at radius 2 is 2.05 bits per heavy atom. The lowest BCUT2D eigenvalue weighted by Crippen LogP contribution is -2.35. The summed E-state index contributed by atoms with van der Waals surface area (Å²) in [5.74, 6) is 1.51. The van der Waals surface area contributed by atoms with E-state index in [1.807, 2.05) is 0 Å². The van der Waals surface area contributed by atoms with Gasteiger partial charge < -0.3 is 5.32 Å². The number of aryl methyl sites for hydroxylation is 1. The molecule has 0 spiro atoms. The number of nitrogens with zero attached hydrogens (tertiary/aromatic N) is 2. The van der Waals surface area contributed by atoms with E-state index < -0.39 is 0 Å². The van der Waals surface area contributed by atoms with Crippen LogP contribution in [-0.4, -0.2) is 15.3 Å². The Bertz CT molecular complexity index is 408. The fraction of sp³-hybridized carbons (Fsp3) is 0.812. The quantitative estimate of drug-likeness (QED) is 0.848. The predicted octanol–water partition coefficient (Wildman–Crippen LogP) is 3.69. The maximum absolute atomic E-state index is 4.63. The molecule has 0 aliphatic heterocycles. The summed E-state index contributed by atoms with van der Waals surface area (Å²) in [5, 5.41) is 8.21. The van der Waals surface area contributed by atoms with Gasteiger partial charge in [-0.05, 0) is 46.0 Å². The van der Waals surface area contributed by atoms with Gasteiger partial charge in [-0.3, -0.25) is 4.68 Å². The summed E-state index contributed by atoms with van der Waals surface area (Å²) in [6, 6.07) is 0. The Balaban J connectivity index is 2.06. The van der Waals surface area contributed by atoms with Crippen LogP contribution in [0.25, 0.3) is 0 Å². The van der Waals surface area contributed by atoms with Gasteiger partial charge in [-0.15, -0.1) is 0 Å². The first-order valence-electron chi connectivity index (χ1n) is 7.66. The first-order valence-corrected chi connectivity index (χ1v) is 7.66. The summed E-state index contributed by atoms with van der Waals surface area (Å²) in [7, 11) is 0. The number of aromatic nitrogens is 2. The van der Waals surface area contributed by atoms with Crippen molar-refractivity contribution >= 4 is 0 Å². The van der Waals surface area contributed by atoms with Gasteiger partial charge in [0.2, 0.25) is 0 Å². The third-order valence-electron chi connectivity index (χ3n) is 3.65. The zero-order valence-electron chi connectivity index (χ0n) is 13.2. The summed E-state index contributed by atoms with van der Waals surface area (Å²) in [6.07, 6.45) is 5.98. The van der Waals surface area contributed by atoms with Crippen molar-refractivity contribution in [1.82, 2.24) is 15.1 Å². The molecule has 0 saturated heterocycles. The molecule has 3 nitrogen and oxygen atoms in total. The van der Waals surface area contributed by atoms with Crippen LogP contribution in [0.5, 0.6) is 0 Å². The molecule has 108 valence electrons. The van der Waals surface area contributed by atoms with Crippen molar-refractivity contribution in [2.75, 3.05) is 0 Å². The summed E-state index contributed by atoms with van der Waals surface area (Å²) in [4.78, 5) is 0. The maximum Gasteiger partial charge on any atom is 0.0537 e. The first kappa shape index (κ1) is 14.6. The van der Waals surface area contributed by atoms with Gasteiger partial charge in [-0.1, -0.05) is 13.8 Å². The lowest BCUT2D eigenvalue weighted by Gasteiger charge is -2.20. The molecular formula is C16H29N3. The highest BCUT2D eigenvalue weighted by Crippen LogP contribution is 2.41. The zero-order chi connectivity index (χ0) is 14.0. The van der Waals surface area contributed by atoms with E-state index in [0.29, 0.717) is 0 Å². The average molecular weight is 263 g/mol. The van der Waals surface area contributed by atoms with Crippen LogP contribution >= 0.6 is 0 Å². The molecule has 1 aromatic rings. The lowest BCUT2D eigenvalue weighted by molar-refractivity contribution is 0.422. The van der Waals surface area contributed by atoms with E-state index in [2.05, 4.69) is 55.9 Å². The van der Waals surface area contributed by atoms with Crippen LogP contribution in [0.15, 0.2) is 6.20 Å². The van der Waals surface area contributed by atoms with E-state index in [1.165, 1.54) is 30.5 Å². The van der Waals surface area contributed by atoms with E-state index in [-0.39, 0.29) is 5.54 Å². The molecule has 1 aromatic heterocycles. The third kappa shape index (κ3) is 4.34. The molecule has 19 heavy (non-hydrogen) atoms. The van der Waals surface area contributed by atoms with Crippen molar-refractivity contribution in [1.29, 1.82) is 0 Å². The van der Waals surface area contributed by atoms with Crippen LogP contribution in [0, 0.1) is 5.92 Å². The molecule has 1 saturated carbocycles. The van der Waals surface area contributed by atoms with Crippen LogP contribution in [0.1, 0.15) is 71.1 Å². The van der Waals surface area contributed by atoms with Crippen molar-refractivity contribution in [3.8, 4) is 0 Å². The fourth-order valence-electron chi connectivity index (χ4n) is 2.32. The second-order valence-corrected chi connectivity index (χ2v) is 7.34. The predicted molar refractivity (Wildman–Crippen MR) is 80.2 cm³/mol. The van der Waals surface area contributed by atoms with E-state index >= 15 is 0 Å². The van der Waals surface area contributed by atoms with Gasteiger partial charge >= 0.3 is 0 Å². The van der Waals surface area contributed by atoms with Gasteiger partial charge in [0.25, 0.3) is 0 Å². The molecule has 1 N–H and O–H groups in total. The summed E-state index contributed by atoms with van der Waals surface area (Å²) < 4.78 is 2.26. The molecule has 0 atom stereocenters. The van der Waals surface area contributed by atoms with Crippen molar-refractivity contribution in [3.63, 3.8) is 0 Å². The van der Waals surface area contributed by atoms with Crippen LogP contribution in [-0.2, 0) is 13.1 Å². The van der Waals surface area contributed by atoms with Crippen LogP contribution in [0.4, 0.5) is 0 Å². The van der Waals surface area contributed by atoms with Crippen LogP contribution < -0.4 is 5.32 Å². The molecule has 3 heteroatoms. The van der Waals surface area contributed by atoms with Crippen molar-refractivity contribution in [2.45, 2.75) is 78.4 Å². The van der Waals surface area contributed by atoms with Gasteiger partial charge in [0.15, 0.2) is 0 Å². The minimum Gasteiger partial charge on any atom is -0.308 e. The Morgan fingerprint density at radius 3 is 2.58 bits per heavy atom. The van der Waals surface area contributed by atoms with Gasteiger partial charge in [-0.2, -0.15) is 5.10 Å². The van der Waals surface area contributed by atoms with E-state index in [1.54, 1.807) is 0 Å². The molecule has 0 unspecified atom stereocenters. The molecule has 1 fully saturated rings. The van der Waals surface area contributed by atoms with Crippen molar-refractivity contribution < 1.29 is 0 Å². The minimum absolute atomic E-state index is 0.168. The number of nitrogens with one attached hydrogen (secondary N) is 1. The molecule has 1 aliphatic rings. The second-order valence-electron chi connectivity index (χ2n) is 7.34. The van der Waals surface area contributed by atoms with Crippen molar-refractivity contribution in [3.05, 3.63) is 17.5 Å². The third-order valence-corrected chi connectivity index (χ3v) is 3.65. The van der Waals surface area contributed by atoms with Gasteiger partial charge in [0, 0.05) is 35.8 Å². The first-order chi connectivity index (χ1) is 8.87. The number of hydrogen-bond donors (Lipinski definition) is 1. The topological polar surface area (TPSA) is 29.9 Å². The van der Waals surface area contributed by atoms with E-state index in [9.17, 15) is 0 Å². The average Bonchev–Trinajstić information content (AvgIpc) is 3.04. The molecule has 0 radical (unpaired) electrons. The fourth-order valence-corrected chi connectivity index (χ4v) is 2.32. The molecular weight excluding hydrogens is 234 g/mol. The highest BCUT2D eigenvalue weighted by molar-refractivity contribution is 5.25. The maximum atomic E-state index is 4.63. The molecule has 0 aromatic carbocycles. The standard InChI is InChI=1S/C16H29N3/c1-12(2)8-9-19-15(13-6-7-13)14(11-18-19)10-17-16(3,4)5/h11-13,17H,6-10H2,1-5H3. The van der Waals surface area contributed by atoms with E-state index in [4.69, 9.17) is 0 Å². The largest absolute Gasteiger partial charge is 0.308 e. The van der Waals surface area contributed by atoms with Crippen LogP contribution in [0.2, 0.25) is 0 Å². The molecule has 0 amide bonds. The smallest absolute Gasteiger partial charge is 0.0537 e. The molecule has 1 aliphatic carbocycles. The van der Waals surface area contributed by atoms with Gasteiger partial charge in [-0.25, -0.2) is 0 Å².